The van der Waals surface area contributed by atoms with E-state index < -0.39 is 0 Å². The number of halogens is 3. The Labute approximate surface area is 106 Å². The SMILES string of the molecule is CC(C)(CBr)COc1ccc(F)cc1Br. The van der Waals surface area contributed by atoms with Crippen molar-refractivity contribution < 1.29 is 9.13 Å². The van der Waals surface area contributed by atoms with Crippen molar-refractivity contribution >= 4 is 31.9 Å². The van der Waals surface area contributed by atoms with Gasteiger partial charge in [-0.2, -0.15) is 0 Å². The Kier molecular flexibility index (Phi) is 4.59. The summed E-state index contributed by atoms with van der Waals surface area (Å²) in [5.74, 6) is 0.402. The van der Waals surface area contributed by atoms with Crippen LogP contribution in [0.1, 0.15) is 13.8 Å². The van der Waals surface area contributed by atoms with E-state index in [1.54, 1.807) is 6.07 Å². The maximum absolute atomic E-state index is 12.8. The topological polar surface area (TPSA) is 9.23 Å². The molecule has 0 aliphatic carbocycles. The first-order valence-electron chi connectivity index (χ1n) is 4.58. The van der Waals surface area contributed by atoms with E-state index in [2.05, 4.69) is 45.7 Å². The number of hydrogen-bond acceptors (Lipinski definition) is 1. The van der Waals surface area contributed by atoms with Crippen LogP contribution in [0.4, 0.5) is 4.39 Å². The molecule has 15 heavy (non-hydrogen) atoms. The second-order valence-electron chi connectivity index (χ2n) is 4.16. The second kappa shape index (κ2) is 5.30. The summed E-state index contributed by atoms with van der Waals surface area (Å²) in [6.45, 7) is 4.78. The zero-order valence-corrected chi connectivity index (χ0v) is 11.9. The van der Waals surface area contributed by atoms with Gasteiger partial charge in [-0.05, 0) is 34.1 Å². The van der Waals surface area contributed by atoms with Gasteiger partial charge >= 0.3 is 0 Å². The van der Waals surface area contributed by atoms with Crippen LogP contribution in [-0.4, -0.2) is 11.9 Å². The molecule has 0 saturated heterocycles. The van der Waals surface area contributed by atoms with E-state index in [-0.39, 0.29) is 11.2 Å². The molecular weight excluding hydrogens is 327 g/mol. The highest BCUT2D eigenvalue weighted by Crippen LogP contribution is 2.28. The summed E-state index contributed by atoms with van der Waals surface area (Å²) in [5.41, 5.74) is 0.0633. The summed E-state index contributed by atoms with van der Waals surface area (Å²) >= 11 is 6.68. The van der Waals surface area contributed by atoms with Crippen LogP contribution >= 0.6 is 31.9 Å². The van der Waals surface area contributed by atoms with Gasteiger partial charge in [0.1, 0.15) is 11.6 Å². The molecule has 0 bridgehead atoms. The van der Waals surface area contributed by atoms with Crippen molar-refractivity contribution in [1.29, 1.82) is 0 Å². The minimum absolute atomic E-state index is 0.0633. The molecule has 1 aromatic rings. The van der Waals surface area contributed by atoms with Crippen LogP contribution in [0.25, 0.3) is 0 Å². The molecule has 0 N–H and O–H groups in total. The first kappa shape index (κ1) is 13.0. The lowest BCUT2D eigenvalue weighted by Crippen LogP contribution is -2.22. The third-order valence-electron chi connectivity index (χ3n) is 1.87. The van der Waals surface area contributed by atoms with Crippen molar-refractivity contribution in [2.75, 3.05) is 11.9 Å². The van der Waals surface area contributed by atoms with Crippen LogP contribution in [0.15, 0.2) is 22.7 Å². The van der Waals surface area contributed by atoms with Crippen LogP contribution in [-0.2, 0) is 0 Å². The minimum Gasteiger partial charge on any atom is -0.492 e. The number of rotatable bonds is 4. The Morgan fingerprint density at radius 3 is 2.60 bits per heavy atom. The fourth-order valence-electron chi connectivity index (χ4n) is 0.904. The van der Waals surface area contributed by atoms with Gasteiger partial charge in [0.15, 0.2) is 0 Å². The molecule has 0 aliphatic heterocycles. The molecule has 0 saturated carbocycles. The van der Waals surface area contributed by atoms with Gasteiger partial charge in [0.25, 0.3) is 0 Å². The molecule has 4 heteroatoms. The predicted molar refractivity (Wildman–Crippen MR) is 67.2 cm³/mol. The van der Waals surface area contributed by atoms with Gasteiger partial charge in [-0.15, -0.1) is 0 Å². The zero-order valence-electron chi connectivity index (χ0n) is 8.69. The van der Waals surface area contributed by atoms with Gasteiger partial charge in [0.2, 0.25) is 0 Å². The third-order valence-corrected chi connectivity index (χ3v) is 4.01. The monoisotopic (exact) mass is 338 g/mol. The van der Waals surface area contributed by atoms with Gasteiger partial charge in [0.05, 0.1) is 11.1 Å². The average molecular weight is 340 g/mol. The Morgan fingerprint density at radius 1 is 1.40 bits per heavy atom. The Bertz CT molecular complexity index is 339. The third kappa shape index (κ3) is 4.11. The normalized spacial score (nSPS) is 11.5. The summed E-state index contributed by atoms with van der Waals surface area (Å²) in [4.78, 5) is 0. The van der Waals surface area contributed by atoms with Gasteiger partial charge in [-0.1, -0.05) is 29.8 Å². The molecular formula is C11H13Br2FO. The molecule has 1 rings (SSSR count). The Hall–Kier alpha value is -0.0900. The second-order valence-corrected chi connectivity index (χ2v) is 5.58. The van der Waals surface area contributed by atoms with Gasteiger partial charge in [-0.3, -0.25) is 0 Å². The van der Waals surface area contributed by atoms with Crippen molar-refractivity contribution in [1.82, 2.24) is 0 Å². The van der Waals surface area contributed by atoms with Crippen molar-refractivity contribution in [3.63, 3.8) is 0 Å². The summed E-state index contributed by atoms with van der Waals surface area (Å²) in [5, 5.41) is 0.860. The summed E-state index contributed by atoms with van der Waals surface area (Å²) < 4.78 is 19.0. The molecule has 0 atom stereocenters. The maximum atomic E-state index is 12.8. The van der Waals surface area contributed by atoms with Crippen LogP contribution < -0.4 is 4.74 Å². The molecule has 0 fully saturated rings. The first-order chi connectivity index (χ1) is 6.94. The van der Waals surface area contributed by atoms with E-state index in [0.717, 1.165) is 5.33 Å². The standard InChI is InChI=1S/C11H13Br2FO/c1-11(2,6-12)7-15-10-4-3-8(14)5-9(10)13/h3-5H,6-7H2,1-2H3. The maximum Gasteiger partial charge on any atom is 0.133 e. The van der Waals surface area contributed by atoms with E-state index in [1.165, 1.54) is 12.1 Å². The van der Waals surface area contributed by atoms with Crippen LogP contribution in [0.5, 0.6) is 5.75 Å². The molecule has 0 aliphatic rings. The summed E-state index contributed by atoms with van der Waals surface area (Å²) in [6, 6.07) is 4.42. The number of ether oxygens (including phenoxy) is 1. The molecule has 0 heterocycles. The molecule has 0 unspecified atom stereocenters. The quantitative estimate of drug-likeness (QED) is 0.739. The fraction of sp³-hybridized carbons (Fsp3) is 0.455. The summed E-state index contributed by atoms with van der Waals surface area (Å²) in [6.07, 6.45) is 0. The molecule has 0 aromatic heterocycles. The lowest BCUT2D eigenvalue weighted by atomic mass is 9.98. The zero-order chi connectivity index (χ0) is 11.5. The highest BCUT2D eigenvalue weighted by Gasteiger charge is 2.17. The molecule has 0 radical (unpaired) electrons. The first-order valence-corrected chi connectivity index (χ1v) is 6.50. The van der Waals surface area contributed by atoms with Crippen LogP contribution in [0.2, 0.25) is 0 Å². The largest absolute Gasteiger partial charge is 0.492 e. The lowest BCUT2D eigenvalue weighted by Gasteiger charge is -2.22. The van der Waals surface area contributed by atoms with Gasteiger partial charge in [-0.25, -0.2) is 4.39 Å². The molecule has 1 nitrogen and oxygen atoms in total. The van der Waals surface area contributed by atoms with Crippen molar-refractivity contribution in [2.45, 2.75) is 13.8 Å². The van der Waals surface area contributed by atoms with Gasteiger partial charge < -0.3 is 4.74 Å². The van der Waals surface area contributed by atoms with Gasteiger partial charge in [0, 0.05) is 10.7 Å². The molecule has 1 aromatic carbocycles. The molecule has 0 spiro atoms. The number of benzene rings is 1. The minimum atomic E-state index is -0.269. The predicted octanol–water partition coefficient (Wildman–Crippen LogP) is 4.39. The average Bonchev–Trinajstić information content (AvgIpc) is 2.16. The van der Waals surface area contributed by atoms with Crippen LogP contribution in [0, 0.1) is 11.2 Å². The highest BCUT2D eigenvalue weighted by molar-refractivity contribution is 9.10. The Balaban J connectivity index is 2.66. The lowest BCUT2D eigenvalue weighted by molar-refractivity contribution is 0.202. The smallest absolute Gasteiger partial charge is 0.133 e. The molecule has 0 amide bonds. The van der Waals surface area contributed by atoms with E-state index in [9.17, 15) is 4.39 Å². The highest BCUT2D eigenvalue weighted by atomic mass is 79.9. The fourth-order valence-corrected chi connectivity index (χ4v) is 1.53. The Morgan fingerprint density at radius 2 is 2.07 bits per heavy atom. The number of alkyl halides is 1. The van der Waals surface area contributed by atoms with Crippen molar-refractivity contribution in [3.8, 4) is 5.75 Å². The number of hydrogen-bond donors (Lipinski definition) is 0. The van der Waals surface area contributed by atoms with E-state index in [4.69, 9.17) is 4.74 Å². The van der Waals surface area contributed by atoms with E-state index >= 15 is 0 Å². The summed E-state index contributed by atoms with van der Waals surface area (Å²) in [7, 11) is 0. The van der Waals surface area contributed by atoms with E-state index in [0.29, 0.717) is 16.8 Å². The van der Waals surface area contributed by atoms with E-state index in [1.807, 2.05) is 0 Å². The van der Waals surface area contributed by atoms with Crippen molar-refractivity contribution in [2.24, 2.45) is 5.41 Å². The van der Waals surface area contributed by atoms with Crippen LogP contribution in [0.3, 0.4) is 0 Å². The van der Waals surface area contributed by atoms with Crippen molar-refractivity contribution in [3.05, 3.63) is 28.5 Å². The molecule has 84 valence electrons.